The maximum atomic E-state index is 12.5. The van der Waals surface area contributed by atoms with E-state index >= 15 is 0 Å². The summed E-state index contributed by atoms with van der Waals surface area (Å²) in [6.07, 6.45) is 0. The lowest BCUT2D eigenvalue weighted by atomic mass is 10.1. The number of amides is 1. The third-order valence-electron chi connectivity index (χ3n) is 3.18. The van der Waals surface area contributed by atoms with Gasteiger partial charge in [0.1, 0.15) is 5.75 Å². The first-order chi connectivity index (χ1) is 9.15. The highest BCUT2D eigenvalue weighted by Gasteiger charge is 2.22. The first-order valence-electron chi connectivity index (χ1n) is 6.44. The summed E-state index contributed by atoms with van der Waals surface area (Å²) in [5.41, 5.74) is 1.58. The molecule has 0 aromatic heterocycles. The van der Waals surface area contributed by atoms with Gasteiger partial charge in [-0.25, -0.2) is 0 Å². The second kappa shape index (κ2) is 6.39. The van der Waals surface area contributed by atoms with Crippen molar-refractivity contribution in [2.75, 3.05) is 32.9 Å². The third-order valence-corrected chi connectivity index (χ3v) is 3.80. The number of halogens is 1. The average Bonchev–Trinajstić information content (AvgIpc) is 2.44. The summed E-state index contributed by atoms with van der Waals surface area (Å²) >= 11 is 3.46. The number of carbonyl (C=O) groups is 1. The average molecular weight is 328 g/mol. The van der Waals surface area contributed by atoms with Gasteiger partial charge in [0.15, 0.2) is 0 Å². The summed E-state index contributed by atoms with van der Waals surface area (Å²) in [6.45, 7) is 6.95. The SMILES string of the molecule is CCOc1c(Br)ccc(C(=O)N2CCOCC2)c1C. The molecule has 0 radical (unpaired) electrons. The van der Waals surface area contributed by atoms with Gasteiger partial charge in [0.2, 0.25) is 0 Å². The van der Waals surface area contributed by atoms with Crippen molar-refractivity contribution < 1.29 is 14.3 Å². The first kappa shape index (κ1) is 14.3. The van der Waals surface area contributed by atoms with Gasteiger partial charge in [-0.3, -0.25) is 4.79 Å². The normalized spacial score (nSPS) is 15.4. The molecule has 2 rings (SSSR count). The number of ether oxygens (including phenoxy) is 2. The summed E-state index contributed by atoms with van der Waals surface area (Å²) in [6, 6.07) is 3.71. The highest BCUT2D eigenvalue weighted by atomic mass is 79.9. The van der Waals surface area contributed by atoms with E-state index in [0.29, 0.717) is 38.5 Å². The van der Waals surface area contributed by atoms with Gasteiger partial charge >= 0.3 is 0 Å². The summed E-state index contributed by atoms with van der Waals surface area (Å²) in [7, 11) is 0. The molecule has 1 aliphatic rings. The van der Waals surface area contributed by atoms with Crippen molar-refractivity contribution >= 4 is 21.8 Å². The highest BCUT2D eigenvalue weighted by Crippen LogP contribution is 2.31. The molecule has 5 heteroatoms. The van der Waals surface area contributed by atoms with Gasteiger partial charge in [-0.05, 0) is 41.9 Å². The van der Waals surface area contributed by atoms with Gasteiger partial charge in [0.25, 0.3) is 5.91 Å². The number of benzene rings is 1. The minimum atomic E-state index is 0.0502. The molecule has 1 aromatic rings. The van der Waals surface area contributed by atoms with E-state index in [1.54, 1.807) is 0 Å². The van der Waals surface area contributed by atoms with Crippen molar-refractivity contribution in [1.82, 2.24) is 4.90 Å². The van der Waals surface area contributed by atoms with Gasteiger partial charge in [0.05, 0.1) is 24.3 Å². The Kier molecular flexibility index (Phi) is 4.82. The van der Waals surface area contributed by atoms with Gasteiger partial charge in [-0.2, -0.15) is 0 Å². The Morgan fingerprint density at radius 3 is 2.74 bits per heavy atom. The molecule has 0 aliphatic carbocycles. The predicted octanol–water partition coefficient (Wildman–Crippen LogP) is 2.63. The molecule has 1 heterocycles. The molecule has 1 fully saturated rings. The summed E-state index contributed by atoms with van der Waals surface area (Å²) in [5.74, 6) is 0.802. The molecule has 1 aromatic carbocycles. The van der Waals surface area contributed by atoms with E-state index in [1.807, 2.05) is 30.9 Å². The number of carbonyl (C=O) groups excluding carboxylic acids is 1. The van der Waals surface area contributed by atoms with E-state index in [2.05, 4.69) is 15.9 Å². The first-order valence-corrected chi connectivity index (χ1v) is 7.23. The molecule has 1 saturated heterocycles. The molecule has 4 nitrogen and oxygen atoms in total. The van der Waals surface area contributed by atoms with E-state index in [4.69, 9.17) is 9.47 Å². The van der Waals surface area contributed by atoms with Crippen molar-refractivity contribution in [1.29, 1.82) is 0 Å². The van der Waals surface area contributed by atoms with Crippen LogP contribution >= 0.6 is 15.9 Å². The second-order valence-electron chi connectivity index (χ2n) is 4.39. The van der Waals surface area contributed by atoms with Crippen molar-refractivity contribution in [3.05, 3.63) is 27.7 Å². The molecule has 0 saturated carbocycles. The predicted molar refractivity (Wildman–Crippen MR) is 76.8 cm³/mol. The standard InChI is InChI=1S/C14H18BrNO3/c1-3-19-13-10(2)11(4-5-12(13)15)14(17)16-6-8-18-9-7-16/h4-5H,3,6-9H2,1-2H3. The fraction of sp³-hybridized carbons (Fsp3) is 0.500. The molecule has 104 valence electrons. The van der Waals surface area contributed by atoms with Gasteiger partial charge in [-0.15, -0.1) is 0 Å². The van der Waals surface area contributed by atoms with Crippen molar-refractivity contribution in [3.63, 3.8) is 0 Å². The Morgan fingerprint density at radius 2 is 2.11 bits per heavy atom. The highest BCUT2D eigenvalue weighted by molar-refractivity contribution is 9.10. The molecular formula is C14H18BrNO3. The van der Waals surface area contributed by atoms with E-state index < -0.39 is 0 Å². The molecular weight excluding hydrogens is 310 g/mol. The molecule has 19 heavy (non-hydrogen) atoms. The van der Waals surface area contributed by atoms with Crippen molar-refractivity contribution in [2.24, 2.45) is 0 Å². The van der Waals surface area contributed by atoms with Gasteiger partial charge < -0.3 is 14.4 Å². The van der Waals surface area contributed by atoms with Gasteiger partial charge in [-0.1, -0.05) is 0 Å². The second-order valence-corrected chi connectivity index (χ2v) is 5.24. The molecule has 0 spiro atoms. The number of morpholine rings is 1. The van der Waals surface area contributed by atoms with E-state index in [1.165, 1.54) is 0 Å². The number of nitrogens with zero attached hydrogens (tertiary/aromatic N) is 1. The minimum absolute atomic E-state index is 0.0502. The van der Waals surface area contributed by atoms with Crippen LogP contribution in [0.4, 0.5) is 0 Å². The Morgan fingerprint density at radius 1 is 1.42 bits per heavy atom. The van der Waals surface area contributed by atoms with E-state index in [9.17, 15) is 4.79 Å². The molecule has 1 aliphatic heterocycles. The van der Waals surface area contributed by atoms with Crippen LogP contribution in [0.2, 0.25) is 0 Å². The fourth-order valence-electron chi connectivity index (χ4n) is 2.15. The van der Waals surface area contributed by atoms with Crippen LogP contribution in [-0.4, -0.2) is 43.7 Å². The minimum Gasteiger partial charge on any atom is -0.492 e. The van der Waals surface area contributed by atoms with Crippen molar-refractivity contribution in [2.45, 2.75) is 13.8 Å². The summed E-state index contributed by atoms with van der Waals surface area (Å²) in [4.78, 5) is 14.3. The maximum Gasteiger partial charge on any atom is 0.254 e. The van der Waals surface area contributed by atoms with Crippen LogP contribution < -0.4 is 4.74 Å². The largest absolute Gasteiger partial charge is 0.492 e. The lowest BCUT2D eigenvalue weighted by Gasteiger charge is -2.27. The molecule has 0 N–H and O–H groups in total. The summed E-state index contributed by atoms with van der Waals surface area (Å²) < 4.78 is 11.8. The van der Waals surface area contributed by atoms with Crippen LogP contribution in [0.15, 0.2) is 16.6 Å². The van der Waals surface area contributed by atoms with Crippen LogP contribution in [0.25, 0.3) is 0 Å². The van der Waals surface area contributed by atoms with Gasteiger partial charge in [0, 0.05) is 24.2 Å². The fourth-order valence-corrected chi connectivity index (χ4v) is 2.69. The lowest BCUT2D eigenvalue weighted by Crippen LogP contribution is -2.41. The Hall–Kier alpha value is -1.07. The Bertz CT molecular complexity index is 470. The van der Waals surface area contributed by atoms with Crippen LogP contribution in [0.1, 0.15) is 22.8 Å². The van der Waals surface area contributed by atoms with Crippen LogP contribution in [0.3, 0.4) is 0 Å². The monoisotopic (exact) mass is 327 g/mol. The topological polar surface area (TPSA) is 38.8 Å². The Labute approximate surface area is 121 Å². The molecule has 0 atom stereocenters. The van der Waals surface area contributed by atoms with Crippen LogP contribution in [-0.2, 0) is 4.74 Å². The van der Waals surface area contributed by atoms with E-state index in [-0.39, 0.29) is 5.91 Å². The lowest BCUT2D eigenvalue weighted by molar-refractivity contribution is 0.0302. The zero-order valence-electron chi connectivity index (χ0n) is 11.2. The number of hydrogen-bond donors (Lipinski definition) is 0. The third kappa shape index (κ3) is 3.09. The zero-order chi connectivity index (χ0) is 13.8. The molecule has 0 unspecified atom stereocenters. The maximum absolute atomic E-state index is 12.5. The molecule has 1 amide bonds. The number of hydrogen-bond acceptors (Lipinski definition) is 3. The van der Waals surface area contributed by atoms with Crippen molar-refractivity contribution in [3.8, 4) is 5.75 Å². The van der Waals surface area contributed by atoms with E-state index in [0.717, 1.165) is 15.8 Å². The van der Waals surface area contributed by atoms with Crippen LogP contribution in [0.5, 0.6) is 5.75 Å². The smallest absolute Gasteiger partial charge is 0.254 e. The molecule has 0 bridgehead atoms. The summed E-state index contributed by atoms with van der Waals surface area (Å²) in [5, 5.41) is 0. The zero-order valence-corrected chi connectivity index (χ0v) is 12.8. The Balaban J connectivity index is 2.28. The van der Waals surface area contributed by atoms with Crippen LogP contribution in [0, 0.1) is 6.92 Å². The quantitative estimate of drug-likeness (QED) is 0.856. The number of rotatable bonds is 3.